The molecule has 0 saturated heterocycles. The van der Waals surface area contributed by atoms with Gasteiger partial charge < -0.3 is 15.0 Å². The lowest BCUT2D eigenvalue weighted by Gasteiger charge is -2.28. The Bertz CT molecular complexity index is 1510. The van der Waals surface area contributed by atoms with Crippen LogP contribution in [0.2, 0.25) is 0 Å². The number of benzene rings is 3. The van der Waals surface area contributed by atoms with Gasteiger partial charge in [0, 0.05) is 23.1 Å². The largest absolute Gasteiger partial charge is 0.394 e. The van der Waals surface area contributed by atoms with E-state index in [-0.39, 0.29) is 18.4 Å². The molecule has 2 aliphatic rings. The minimum absolute atomic E-state index is 0.0361. The molecule has 0 radical (unpaired) electrons. The summed E-state index contributed by atoms with van der Waals surface area (Å²) in [7, 11) is 0. The van der Waals surface area contributed by atoms with Gasteiger partial charge in [-0.25, -0.2) is 0 Å². The number of carbonyl (C=O) groups is 1. The highest BCUT2D eigenvalue weighted by Crippen LogP contribution is 2.38. The van der Waals surface area contributed by atoms with Crippen molar-refractivity contribution in [2.24, 2.45) is 5.92 Å². The number of aryl methyl sites for hydroxylation is 3. The van der Waals surface area contributed by atoms with Gasteiger partial charge in [0.1, 0.15) is 0 Å². The van der Waals surface area contributed by atoms with Gasteiger partial charge in [-0.05, 0) is 97.7 Å². The molecule has 1 heterocycles. The number of nitrogens with one attached hydrogen (secondary N) is 1. The minimum atomic E-state index is -0.397. The van der Waals surface area contributed by atoms with E-state index in [9.17, 15) is 9.90 Å². The molecule has 1 amide bonds. The molecule has 0 aliphatic heterocycles. The molecule has 4 nitrogen and oxygen atoms in total. The monoisotopic (exact) mass is 562 g/mol. The van der Waals surface area contributed by atoms with Crippen molar-refractivity contribution < 1.29 is 9.90 Å². The van der Waals surface area contributed by atoms with Crippen LogP contribution in [0.1, 0.15) is 102 Å². The SMILES string of the molecule is Cc1cc(C)c2c3c(n(Cc4ccc(C(C(=O)N[C@@H](CO)c5ccccc5)C5CCCCCC5)cc4)c2c1)CCCC3. The number of aromatic nitrogens is 1. The zero-order valence-electron chi connectivity index (χ0n) is 25.4. The Kier molecular flexibility index (Phi) is 8.81. The Balaban J connectivity index is 1.30. The molecule has 2 aliphatic carbocycles. The highest BCUT2D eigenvalue weighted by atomic mass is 16.3. The summed E-state index contributed by atoms with van der Waals surface area (Å²) in [6.45, 7) is 5.21. The van der Waals surface area contributed by atoms with E-state index in [2.05, 4.69) is 60.1 Å². The number of hydrogen-bond acceptors (Lipinski definition) is 2. The summed E-state index contributed by atoms with van der Waals surface area (Å²) in [5.74, 6) is 0.147. The van der Waals surface area contributed by atoms with Crippen molar-refractivity contribution in [1.82, 2.24) is 9.88 Å². The molecule has 4 aromatic rings. The Hall–Kier alpha value is -3.37. The average Bonchev–Trinajstić information content (AvgIpc) is 3.13. The Labute approximate surface area is 251 Å². The zero-order valence-corrected chi connectivity index (χ0v) is 25.4. The molecule has 3 aromatic carbocycles. The lowest BCUT2D eigenvalue weighted by atomic mass is 9.80. The highest BCUT2D eigenvalue weighted by molar-refractivity contribution is 5.89. The number of hydrogen-bond donors (Lipinski definition) is 2. The molecule has 220 valence electrons. The second-order valence-corrected chi connectivity index (χ2v) is 12.8. The molecule has 0 spiro atoms. The Morgan fingerprint density at radius 1 is 0.881 bits per heavy atom. The molecule has 1 saturated carbocycles. The van der Waals surface area contributed by atoms with Crippen LogP contribution >= 0.6 is 0 Å². The average molecular weight is 563 g/mol. The molecular formula is C38H46N2O2. The van der Waals surface area contributed by atoms with Gasteiger partial charge in [-0.1, -0.05) is 86.3 Å². The number of amides is 1. The third kappa shape index (κ3) is 5.92. The van der Waals surface area contributed by atoms with Crippen LogP contribution in [0, 0.1) is 19.8 Å². The lowest BCUT2D eigenvalue weighted by molar-refractivity contribution is -0.125. The molecule has 1 aromatic heterocycles. The predicted molar refractivity (Wildman–Crippen MR) is 172 cm³/mol. The van der Waals surface area contributed by atoms with Gasteiger partial charge >= 0.3 is 0 Å². The number of rotatable bonds is 8. The number of aliphatic hydroxyl groups is 1. The number of fused-ring (bicyclic) bond motifs is 3. The van der Waals surface area contributed by atoms with E-state index < -0.39 is 6.04 Å². The maximum absolute atomic E-state index is 14.0. The van der Waals surface area contributed by atoms with Crippen LogP contribution in [-0.2, 0) is 24.2 Å². The summed E-state index contributed by atoms with van der Waals surface area (Å²) in [4.78, 5) is 14.0. The number of carbonyl (C=O) groups excluding carboxylic acids is 1. The Morgan fingerprint density at radius 3 is 2.31 bits per heavy atom. The van der Waals surface area contributed by atoms with E-state index in [4.69, 9.17) is 0 Å². The van der Waals surface area contributed by atoms with Gasteiger partial charge in [-0.3, -0.25) is 4.79 Å². The van der Waals surface area contributed by atoms with Crippen LogP contribution in [0.4, 0.5) is 0 Å². The van der Waals surface area contributed by atoms with Crippen molar-refractivity contribution in [3.05, 3.63) is 106 Å². The van der Waals surface area contributed by atoms with Crippen LogP contribution < -0.4 is 5.32 Å². The fourth-order valence-electron chi connectivity index (χ4n) is 7.81. The molecule has 0 bridgehead atoms. The molecule has 1 fully saturated rings. The predicted octanol–water partition coefficient (Wildman–Crippen LogP) is 8.09. The highest BCUT2D eigenvalue weighted by Gasteiger charge is 2.32. The van der Waals surface area contributed by atoms with Crippen molar-refractivity contribution in [1.29, 1.82) is 0 Å². The van der Waals surface area contributed by atoms with Gasteiger partial charge in [0.2, 0.25) is 5.91 Å². The van der Waals surface area contributed by atoms with E-state index in [1.54, 1.807) is 5.56 Å². The van der Waals surface area contributed by atoms with Crippen molar-refractivity contribution in [3.63, 3.8) is 0 Å². The lowest BCUT2D eigenvalue weighted by Crippen LogP contribution is -2.37. The fourth-order valence-corrected chi connectivity index (χ4v) is 7.81. The van der Waals surface area contributed by atoms with Crippen molar-refractivity contribution in [3.8, 4) is 0 Å². The third-order valence-corrected chi connectivity index (χ3v) is 9.85. The molecule has 2 N–H and O–H groups in total. The molecule has 2 atom stereocenters. The number of aliphatic hydroxyl groups excluding tert-OH is 1. The molecule has 1 unspecified atom stereocenters. The van der Waals surface area contributed by atoms with Gasteiger partial charge in [0.25, 0.3) is 0 Å². The van der Waals surface area contributed by atoms with Crippen LogP contribution in [0.3, 0.4) is 0 Å². The summed E-state index contributed by atoms with van der Waals surface area (Å²) in [5.41, 5.74) is 10.5. The van der Waals surface area contributed by atoms with Gasteiger partial charge in [0.15, 0.2) is 0 Å². The van der Waals surface area contributed by atoms with Crippen molar-refractivity contribution >= 4 is 16.8 Å². The fraction of sp³-hybridized carbons (Fsp3) is 0.447. The van der Waals surface area contributed by atoms with Crippen molar-refractivity contribution in [2.75, 3.05) is 6.61 Å². The van der Waals surface area contributed by atoms with Gasteiger partial charge in [-0.15, -0.1) is 0 Å². The quantitative estimate of drug-likeness (QED) is 0.213. The van der Waals surface area contributed by atoms with Crippen molar-refractivity contribution in [2.45, 2.75) is 96.6 Å². The second-order valence-electron chi connectivity index (χ2n) is 12.8. The van der Waals surface area contributed by atoms with E-state index >= 15 is 0 Å². The first-order chi connectivity index (χ1) is 20.5. The first-order valence-corrected chi connectivity index (χ1v) is 16.2. The van der Waals surface area contributed by atoms with E-state index in [1.165, 1.54) is 78.2 Å². The van der Waals surface area contributed by atoms with Gasteiger partial charge in [-0.2, -0.15) is 0 Å². The van der Waals surface area contributed by atoms with E-state index in [0.29, 0.717) is 5.92 Å². The van der Waals surface area contributed by atoms with Crippen LogP contribution in [0.25, 0.3) is 10.9 Å². The molecule has 6 rings (SSSR count). The molecular weight excluding hydrogens is 516 g/mol. The van der Waals surface area contributed by atoms with Crippen LogP contribution in [0.15, 0.2) is 66.7 Å². The smallest absolute Gasteiger partial charge is 0.228 e. The summed E-state index contributed by atoms with van der Waals surface area (Å²) in [6.07, 6.45) is 11.9. The minimum Gasteiger partial charge on any atom is -0.394 e. The molecule has 4 heteroatoms. The first kappa shape index (κ1) is 28.7. The maximum atomic E-state index is 14.0. The van der Waals surface area contributed by atoms with Crippen LogP contribution in [0.5, 0.6) is 0 Å². The summed E-state index contributed by atoms with van der Waals surface area (Å²) in [6, 6.07) is 23.0. The first-order valence-electron chi connectivity index (χ1n) is 16.2. The van der Waals surface area contributed by atoms with E-state index in [0.717, 1.165) is 36.9 Å². The second kappa shape index (κ2) is 12.9. The number of nitrogens with zero attached hydrogens (tertiary/aromatic N) is 1. The summed E-state index contributed by atoms with van der Waals surface area (Å²) in [5, 5.41) is 14.9. The Morgan fingerprint density at radius 2 is 1.60 bits per heavy atom. The topological polar surface area (TPSA) is 54.3 Å². The summed E-state index contributed by atoms with van der Waals surface area (Å²) >= 11 is 0. The van der Waals surface area contributed by atoms with E-state index in [1.807, 2.05) is 30.3 Å². The van der Waals surface area contributed by atoms with Crippen LogP contribution in [-0.4, -0.2) is 22.2 Å². The van der Waals surface area contributed by atoms with Gasteiger partial charge in [0.05, 0.1) is 18.6 Å². The maximum Gasteiger partial charge on any atom is 0.228 e. The standard InChI is InChI=1S/C38H46N2O2/c1-26-22-27(2)36-32-16-10-11-17-34(32)40(35(36)23-26)24-28-18-20-31(21-19-28)37(30-14-6-3-4-7-15-30)38(42)39-33(25-41)29-12-8-5-9-13-29/h5,8-9,12-13,18-23,30,33,37,41H,3-4,6-7,10-11,14-17,24-25H2,1-2H3,(H,39,42)/t33-,37?/m0/s1. The zero-order chi connectivity index (χ0) is 29.1. The molecule has 42 heavy (non-hydrogen) atoms. The third-order valence-electron chi connectivity index (χ3n) is 9.85. The summed E-state index contributed by atoms with van der Waals surface area (Å²) < 4.78 is 2.57. The normalized spacial score (nSPS) is 17.4.